The average molecular weight is 280 g/mol. The van der Waals surface area contributed by atoms with Crippen molar-refractivity contribution in [2.24, 2.45) is 0 Å². The number of thioether (sulfide) groups is 1. The maximum Gasteiger partial charge on any atom is 0.0705 e. The molecule has 3 heteroatoms. The maximum absolute atomic E-state index is 6.03. The zero-order valence-corrected chi connectivity index (χ0v) is 12.2. The van der Waals surface area contributed by atoms with E-state index in [1.54, 1.807) is 11.8 Å². The second-order valence-electron chi connectivity index (χ2n) is 4.82. The lowest BCUT2D eigenvalue weighted by atomic mass is 10.1. The minimum Gasteiger partial charge on any atom is -0.398 e. The van der Waals surface area contributed by atoms with E-state index in [1.165, 1.54) is 16.5 Å². The molecule has 0 fully saturated rings. The van der Waals surface area contributed by atoms with Crippen molar-refractivity contribution in [3.63, 3.8) is 0 Å². The van der Waals surface area contributed by atoms with Crippen molar-refractivity contribution in [3.8, 4) is 0 Å². The SMILES string of the molecule is Cc1ccc(N)c(SCc2ccnc3ccccc23)c1. The molecule has 3 aromatic rings. The molecule has 1 aromatic heterocycles. The predicted molar refractivity (Wildman–Crippen MR) is 86.9 cm³/mol. The number of benzene rings is 2. The molecular formula is C17H16N2S. The highest BCUT2D eigenvalue weighted by molar-refractivity contribution is 7.98. The lowest BCUT2D eigenvalue weighted by Gasteiger charge is -2.08. The summed E-state index contributed by atoms with van der Waals surface area (Å²) in [6.45, 7) is 2.09. The van der Waals surface area contributed by atoms with E-state index in [1.807, 2.05) is 30.5 Å². The Morgan fingerprint density at radius 3 is 2.85 bits per heavy atom. The van der Waals surface area contributed by atoms with Gasteiger partial charge < -0.3 is 5.73 Å². The number of nitrogen functional groups attached to an aromatic ring is 1. The average Bonchev–Trinajstić information content (AvgIpc) is 2.48. The number of aryl methyl sites for hydroxylation is 1. The summed E-state index contributed by atoms with van der Waals surface area (Å²) in [7, 11) is 0. The normalized spacial score (nSPS) is 10.8. The molecule has 100 valence electrons. The van der Waals surface area contributed by atoms with Gasteiger partial charge in [0.2, 0.25) is 0 Å². The Kier molecular flexibility index (Phi) is 3.61. The zero-order chi connectivity index (χ0) is 13.9. The van der Waals surface area contributed by atoms with Crippen LogP contribution in [0.25, 0.3) is 10.9 Å². The quantitative estimate of drug-likeness (QED) is 0.570. The summed E-state index contributed by atoms with van der Waals surface area (Å²) < 4.78 is 0. The number of anilines is 1. The number of para-hydroxylation sites is 1. The van der Waals surface area contributed by atoms with Crippen LogP contribution in [0.15, 0.2) is 59.6 Å². The Morgan fingerprint density at radius 1 is 1.10 bits per heavy atom. The van der Waals surface area contributed by atoms with Crippen LogP contribution in [-0.4, -0.2) is 4.98 Å². The van der Waals surface area contributed by atoms with Crippen molar-refractivity contribution in [3.05, 3.63) is 65.9 Å². The van der Waals surface area contributed by atoms with Crippen LogP contribution in [0.5, 0.6) is 0 Å². The third kappa shape index (κ3) is 2.63. The summed E-state index contributed by atoms with van der Waals surface area (Å²) >= 11 is 1.78. The number of nitrogens with zero attached hydrogens (tertiary/aromatic N) is 1. The molecule has 0 atom stereocenters. The molecule has 0 amide bonds. The first kappa shape index (κ1) is 13.0. The Morgan fingerprint density at radius 2 is 1.95 bits per heavy atom. The van der Waals surface area contributed by atoms with Gasteiger partial charge in [-0.15, -0.1) is 11.8 Å². The number of pyridine rings is 1. The molecule has 0 bridgehead atoms. The molecule has 0 spiro atoms. The summed E-state index contributed by atoms with van der Waals surface area (Å²) in [4.78, 5) is 5.54. The summed E-state index contributed by atoms with van der Waals surface area (Å²) in [6.07, 6.45) is 1.87. The number of hydrogen-bond acceptors (Lipinski definition) is 3. The van der Waals surface area contributed by atoms with Crippen LogP contribution in [0.4, 0.5) is 5.69 Å². The van der Waals surface area contributed by atoms with Gasteiger partial charge in [0.15, 0.2) is 0 Å². The summed E-state index contributed by atoms with van der Waals surface area (Å²) in [6, 6.07) is 16.5. The minimum absolute atomic E-state index is 0.846. The topological polar surface area (TPSA) is 38.9 Å². The van der Waals surface area contributed by atoms with Gasteiger partial charge in [0.05, 0.1) is 5.52 Å². The zero-order valence-electron chi connectivity index (χ0n) is 11.3. The highest BCUT2D eigenvalue weighted by Gasteiger charge is 2.04. The smallest absolute Gasteiger partial charge is 0.0705 e. The monoisotopic (exact) mass is 280 g/mol. The Bertz CT molecular complexity index is 748. The van der Waals surface area contributed by atoms with Crippen LogP contribution in [0, 0.1) is 6.92 Å². The van der Waals surface area contributed by atoms with E-state index in [2.05, 4.69) is 36.2 Å². The van der Waals surface area contributed by atoms with Crippen LogP contribution in [0.2, 0.25) is 0 Å². The van der Waals surface area contributed by atoms with Crippen molar-refractivity contribution >= 4 is 28.4 Å². The number of aromatic nitrogens is 1. The van der Waals surface area contributed by atoms with Gasteiger partial charge in [-0.25, -0.2) is 0 Å². The van der Waals surface area contributed by atoms with Crippen LogP contribution in [0.3, 0.4) is 0 Å². The van der Waals surface area contributed by atoms with Crippen LogP contribution < -0.4 is 5.73 Å². The molecule has 0 aliphatic carbocycles. The number of hydrogen-bond donors (Lipinski definition) is 1. The van der Waals surface area contributed by atoms with Crippen molar-refractivity contribution < 1.29 is 0 Å². The molecule has 0 saturated carbocycles. The first-order valence-electron chi connectivity index (χ1n) is 6.55. The molecule has 2 nitrogen and oxygen atoms in total. The third-order valence-electron chi connectivity index (χ3n) is 3.29. The van der Waals surface area contributed by atoms with Crippen molar-refractivity contribution in [1.29, 1.82) is 0 Å². The number of nitrogens with two attached hydrogens (primary N) is 1. The summed E-state index contributed by atoms with van der Waals surface area (Å²) in [5.74, 6) is 0.899. The molecule has 0 unspecified atom stereocenters. The molecule has 20 heavy (non-hydrogen) atoms. The van der Waals surface area contributed by atoms with E-state index in [0.29, 0.717) is 0 Å². The fraction of sp³-hybridized carbons (Fsp3) is 0.118. The lowest BCUT2D eigenvalue weighted by Crippen LogP contribution is -1.91. The van der Waals surface area contributed by atoms with Gasteiger partial charge in [-0.2, -0.15) is 0 Å². The molecule has 2 aromatic carbocycles. The molecule has 2 N–H and O–H groups in total. The Labute approximate surface area is 123 Å². The predicted octanol–water partition coefficient (Wildman–Crippen LogP) is 4.42. The van der Waals surface area contributed by atoms with Crippen LogP contribution in [-0.2, 0) is 5.75 Å². The molecule has 3 rings (SSSR count). The standard InChI is InChI=1S/C17H16N2S/c1-12-6-7-15(18)17(10-12)20-11-13-8-9-19-16-5-3-2-4-14(13)16/h2-10H,11,18H2,1H3. The minimum atomic E-state index is 0.846. The molecule has 0 aliphatic rings. The van der Waals surface area contributed by atoms with E-state index in [0.717, 1.165) is 21.9 Å². The van der Waals surface area contributed by atoms with E-state index in [4.69, 9.17) is 5.73 Å². The van der Waals surface area contributed by atoms with Gasteiger partial charge in [-0.05, 0) is 42.3 Å². The highest BCUT2D eigenvalue weighted by atomic mass is 32.2. The van der Waals surface area contributed by atoms with Gasteiger partial charge in [0.25, 0.3) is 0 Å². The van der Waals surface area contributed by atoms with Crippen molar-refractivity contribution in [1.82, 2.24) is 4.98 Å². The maximum atomic E-state index is 6.03. The largest absolute Gasteiger partial charge is 0.398 e. The number of rotatable bonds is 3. The lowest BCUT2D eigenvalue weighted by molar-refractivity contribution is 1.33. The first-order chi connectivity index (χ1) is 9.74. The number of fused-ring (bicyclic) bond motifs is 1. The second kappa shape index (κ2) is 5.55. The molecule has 0 aliphatic heterocycles. The van der Waals surface area contributed by atoms with Gasteiger partial charge in [-0.1, -0.05) is 24.3 Å². The second-order valence-corrected chi connectivity index (χ2v) is 5.83. The Hall–Kier alpha value is -2.00. The van der Waals surface area contributed by atoms with E-state index >= 15 is 0 Å². The molecule has 0 radical (unpaired) electrons. The van der Waals surface area contributed by atoms with Gasteiger partial charge >= 0.3 is 0 Å². The third-order valence-corrected chi connectivity index (χ3v) is 4.41. The Balaban J connectivity index is 1.89. The molecule has 0 saturated heterocycles. The highest BCUT2D eigenvalue weighted by Crippen LogP contribution is 2.30. The fourth-order valence-electron chi connectivity index (χ4n) is 2.20. The van der Waals surface area contributed by atoms with Gasteiger partial charge in [0.1, 0.15) is 0 Å². The first-order valence-corrected chi connectivity index (χ1v) is 7.54. The van der Waals surface area contributed by atoms with Crippen molar-refractivity contribution in [2.75, 3.05) is 5.73 Å². The van der Waals surface area contributed by atoms with E-state index in [-0.39, 0.29) is 0 Å². The fourth-order valence-corrected chi connectivity index (χ4v) is 3.27. The summed E-state index contributed by atoms with van der Waals surface area (Å²) in [5.41, 5.74) is 10.5. The van der Waals surface area contributed by atoms with Crippen LogP contribution in [0.1, 0.15) is 11.1 Å². The van der Waals surface area contributed by atoms with E-state index in [9.17, 15) is 0 Å². The van der Waals surface area contributed by atoms with Crippen LogP contribution >= 0.6 is 11.8 Å². The van der Waals surface area contributed by atoms with Gasteiger partial charge in [-0.3, -0.25) is 4.98 Å². The molecular weight excluding hydrogens is 264 g/mol. The van der Waals surface area contributed by atoms with Crippen molar-refractivity contribution in [2.45, 2.75) is 17.6 Å². The van der Waals surface area contributed by atoms with E-state index < -0.39 is 0 Å². The van der Waals surface area contributed by atoms with Gasteiger partial charge in [0, 0.05) is 27.9 Å². The summed E-state index contributed by atoms with van der Waals surface area (Å²) in [5, 5.41) is 1.22. The molecule has 1 heterocycles.